The first-order chi connectivity index (χ1) is 10.9. The molecule has 1 aromatic rings. The van der Waals surface area contributed by atoms with Crippen molar-refractivity contribution in [1.29, 1.82) is 0 Å². The Balaban J connectivity index is 1.53. The molecule has 1 unspecified atom stereocenters. The molecule has 1 saturated heterocycles. The van der Waals surface area contributed by atoms with E-state index in [0.717, 1.165) is 5.56 Å². The Morgan fingerprint density at radius 1 is 1.39 bits per heavy atom. The molecule has 1 aliphatic carbocycles. The van der Waals surface area contributed by atoms with Gasteiger partial charge in [-0.25, -0.2) is 0 Å². The third kappa shape index (κ3) is 4.00. The summed E-state index contributed by atoms with van der Waals surface area (Å²) < 4.78 is 40.3. The third-order valence-corrected chi connectivity index (χ3v) is 4.32. The van der Waals surface area contributed by atoms with Crippen molar-refractivity contribution in [2.75, 3.05) is 19.6 Å². The average molecular weight is 329 g/mol. The van der Waals surface area contributed by atoms with E-state index < -0.39 is 12.5 Å². The molecule has 0 aromatic carbocycles. The number of piperazine rings is 1. The van der Waals surface area contributed by atoms with Crippen molar-refractivity contribution in [1.82, 2.24) is 15.2 Å². The molecular weight excluding hydrogens is 311 g/mol. The fourth-order valence-corrected chi connectivity index (χ4v) is 3.07. The summed E-state index contributed by atoms with van der Waals surface area (Å²) in [4.78, 5) is 18.2. The van der Waals surface area contributed by atoms with E-state index >= 15 is 0 Å². The zero-order valence-electron chi connectivity index (χ0n) is 12.4. The average Bonchev–Trinajstić information content (AvgIpc) is 2.50. The van der Waals surface area contributed by atoms with Crippen LogP contribution < -0.4 is 5.32 Å². The van der Waals surface area contributed by atoms with Gasteiger partial charge in [0.05, 0.1) is 12.1 Å². The number of pyridine rings is 1. The highest BCUT2D eigenvalue weighted by Crippen LogP contribution is 2.36. The van der Waals surface area contributed by atoms with E-state index in [1.165, 1.54) is 0 Å². The second-order valence-electron chi connectivity index (χ2n) is 5.93. The summed E-state index contributed by atoms with van der Waals surface area (Å²) in [6, 6.07) is 3.78. The number of hydrogen-bond acceptors (Lipinski definition) is 4. The first kappa shape index (κ1) is 16.2. The second kappa shape index (κ2) is 6.45. The molecule has 2 aliphatic rings. The molecule has 1 aliphatic heterocycles. The maximum Gasteiger partial charge on any atom is 0.522 e. The van der Waals surface area contributed by atoms with Gasteiger partial charge in [-0.3, -0.25) is 14.5 Å². The lowest BCUT2D eigenvalue weighted by Gasteiger charge is -2.40. The van der Waals surface area contributed by atoms with Crippen LogP contribution in [-0.4, -0.2) is 47.9 Å². The van der Waals surface area contributed by atoms with Gasteiger partial charge in [-0.05, 0) is 24.5 Å². The van der Waals surface area contributed by atoms with Crippen LogP contribution in [0.2, 0.25) is 0 Å². The lowest BCUT2D eigenvalue weighted by Crippen LogP contribution is -2.53. The Morgan fingerprint density at radius 2 is 2.17 bits per heavy atom. The smallest absolute Gasteiger partial charge is 0.339 e. The number of hydrogen-bond donors (Lipinski definition) is 1. The number of ether oxygens (including phenoxy) is 1. The predicted octanol–water partition coefficient (Wildman–Crippen LogP) is 1.87. The number of halogens is 3. The van der Waals surface area contributed by atoms with Gasteiger partial charge in [0.1, 0.15) is 0 Å². The van der Waals surface area contributed by atoms with Gasteiger partial charge in [-0.2, -0.15) is 0 Å². The Labute approximate surface area is 131 Å². The van der Waals surface area contributed by atoms with Gasteiger partial charge in [0.15, 0.2) is 0 Å². The minimum absolute atomic E-state index is 0.00342. The van der Waals surface area contributed by atoms with E-state index in [1.54, 1.807) is 17.3 Å². The van der Waals surface area contributed by atoms with Gasteiger partial charge in [0.2, 0.25) is 5.91 Å². The van der Waals surface area contributed by atoms with Crippen LogP contribution in [0, 0.1) is 5.92 Å². The molecule has 126 valence electrons. The van der Waals surface area contributed by atoms with Crippen LogP contribution in [0.15, 0.2) is 24.5 Å². The van der Waals surface area contributed by atoms with Crippen LogP contribution in [0.1, 0.15) is 24.4 Å². The molecule has 1 atom stereocenters. The molecule has 2 fully saturated rings. The lowest BCUT2D eigenvalue weighted by atomic mass is 9.81. The molecule has 5 nitrogen and oxygen atoms in total. The highest BCUT2D eigenvalue weighted by atomic mass is 19.4. The molecule has 1 N–H and O–H groups in total. The van der Waals surface area contributed by atoms with E-state index in [4.69, 9.17) is 0 Å². The monoisotopic (exact) mass is 329 g/mol. The van der Waals surface area contributed by atoms with Crippen LogP contribution in [0.5, 0.6) is 0 Å². The molecule has 23 heavy (non-hydrogen) atoms. The first-order valence-corrected chi connectivity index (χ1v) is 7.59. The largest absolute Gasteiger partial charge is 0.522 e. The van der Waals surface area contributed by atoms with Crippen LogP contribution in [0.3, 0.4) is 0 Å². The highest BCUT2D eigenvalue weighted by Gasteiger charge is 2.44. The number of carbonyl (C=O) groups is 1. The van der Waals surface area contributed by atoms with Crippen molar-refractivity contribution >= 4 is 5.91 Å². The molecule has 8 heteroatoms. The predicted molar refractivity (Wildman–Crippen MR) is 75.2 cm³/mol. The highest BCUT2D eigenvalue weighted by molar-refractivity contribution is 5.80. The maximum atomic E-state index is 12.4. The molecule has 3 rings (SSSR count). The fourth-order valence-electron chi connectivity index (χ4n) is 3.07. The van der Waals surface area contributed by atoms with Crippen molar-refractivity contribution in [2.45, 2.75) is 31.3 Å². The van der Waals surface area contributed by atoms with Crippen molar-refractivity contribution in [2.24, 2.45) is 5.92 Å². The van der Waals surface area contributed by atoms with Crippen molar-refractivity contribution in [3.8, 4) is 0 Å². The minimum atomic E-state index is -4.63. The molecule has 1 saturated carbocycles. The quantitative estimate of drug-likeness (QED) is 0.920. The molecule has 0 spiro atoms. The number of aromatic nitrogens is 1. The number of carbonyl (C=O) groups excluding carboxylic acids is 1. The van der Waals surface area contributed by atoms with Crippen molar-refractivity contribution < 1.29 is 22.7 Å². The summed E-state index contributed by atoms with van der Waals surface area (Å²) in [6.07, 6.45) is -1.80. The van der Waals surface area contributed by atoms with Gasteiger partial charge >= 0.3 is 6.36 Å². The van der Waals surface area contributed by atoms with E-state index in [-0.39, 0.29) is 30.7 Å². The summed E-state index contributed by atoms with van der Waals surface area (Å²) in [6.45, 7) is 1.73. The molecule has 1 aromatic heterocycles. The van der Waals surface area contributed by atoms with Gasteiger partial charge in [-0.1, -0.05) is 6.07 Å². The van der Waals surface area contributed by atoms with Gasteiger partial charge in [0, 0.05) is 37.9 Å². The van der Waals surface area contributed by atoms with Gasteiger partial charge in [-0.15, -0.1) is 13.2 Å². The Morgan fingerprint density at radius 3 is 2.83 bits per heavy atom. The fraction of sp³-hybridized carbons (Fsp3) is 0.600. The van der Waals surface area contributed by atoms with Crippen LogP contribution in [-0.2, 0) is 9.53 Å². The first-order valence-electron chi connectivity index (χ1n) is 7.59. The van der Waals surface area contributed by atoms with Crippen LogP contribution >= 0.6 is 0 Å². The molecular formula is C15H18F3N3O2. The van der Waals surface area contributed by atoms with Gasteiger partial charge < -0.3 is 10.2 Å². The van der Waals surface area contributed by atoms with Crippen LogP contribution in [0.4, 0.5) is 13.2 Å². The van der Waals surface area contributed by atoms with E-state index in [2.05, 4.69) is 15.0 Å². The molecule has 0 bridgehead atoms. The lowest BCUT2D eigenvalue weighted by molar-refractivity contribution is -0.353. The van der Waals surface area contributed by atoms with E-state index in [1.807, 2.05) is 12.1 Å². The summed E-state index contributed by atoms with van der Waals surface area (Å²) in [5.74, 6) is -0.447. The molecule has 1 amide bonds. The number of amides is 1. The van der Waals surface area contributed by atoms with Gasteiger partial charge in [0.25, 0.3) is 0 Å². The number of alkyl halides is 3. The zero-order valence-corrected chi connectivity index (χ0v) is 12.4. The minimum Gasteiger partial charge on any atom is -0.339 e. The normalized spacial score (nSPS) is 28.3. The summed E-state index contributed by atoms with van der Waals surface area (Å²) in [5, 5.41) is 3.33. The number of nitrogens with one attached hydrogen (secondary N) is 1. The third-order valence-electron chi connectivity index (χ3n) is 4.32. The zero-order chi connectivity index (χ0) is 16.4. The Kier molecular flexibility index (Phi) is 4.54. The summed E-state index contributed by atoms with van der Waals surface area (Å²) in [5.41, 5.74) is 0.997. The molecule has 0 radical (unpaired) electrons. The summed E-state index contributed by atoms with van der Waals surface area (Å²) in [7, 11) is 0. The van der Waals surface area contributed by atoms with E-state index in [9.17, 15) is 18.0 Å². The second-order valence-corrected chi connectivity index (χ2v) is 5.93. The summed E-state index contributed by atoms with van der Waals surface area (Å²) >= 11 is 0. The van der Waals surface area contributed by atoms with Crippen molar-refractivity contribution in [3.05, 3.63) is 30.1 Å². The number of nitrogens with zero attached hydrogens (tertiary/aromatic N) is 2. The van der Waals surface area contributed by atoms with Crippen molar-refractivity contribution in [3.63, 3.8) is 0 Å². The number of rotatable bonds is 3. The topological polar surface area (TPSA) is 54.5 Å². The molecule has 2 heterocycles. The Bertz CT molecular complexity index is 547. The SMILES string of the molecule is O=C(C1CC(OC(F)(F)F)C1)N1CCNC(c2cccnc2)C1. The van der Waals surface area contributed by atoms with E-state index in [0.29, 0.717) is 19.6 Å². The maximum absolute atomic E-state index is 12.4. The standard InChI is InChI=1S/C15H18F3N3O2/c16-15(17,18)23-12-6-11(7-12)14(22)21-5-4-20-13(9-21)10-2-1-3-19-8-10/h1-3,8,11-13,20H,4-7,9H2. The Hall–Kier alpha value is -1.67. The van der Waals surface area contributed by atoms with Crippen LogP contribution in [0.25, 0.3) is 0 Å².